The van der Waals surface area contributed by atoms with E-state index in [9.17, 15) is 4.79 Å². The minimum atomic E-state index is -0.170. The van der Waals surface area contributed by atoms with Crippen molar-refractivity contribution in [2.45, 2.75) is 38.7 Å². The molecule has 0 aromatic carbocycles. The Morgan fingerprint density at radius 3 is 3.15 bits per heavy atom. The summed E-state index contributed by atoms with van der Waals surface area (Å²) in [5.74, 6) is -0.170. The molecule has 1 aliphatic rings. The number of carbonyl (C=O) groups excluding carboxylic acids is 1. The van der Waals surface area contributed by atoms with E-state index in [1.54, 1.807) is 0 Å². The number of alkyl halides is 1. The molecule has 2 nitrogen and oxygen atoms in total. The summed E-state index contributed by atoms with van der Waals surface area (Å²) in [5.41, 5.74) is 1.46. The quantitative estimate of drug-likeness (QED) is 0.345. The average molecular weight is 294 g/mol. The van der Waals surface area contributed by atoms with Crippen molar-refractivity contribution in [3.63, 3.8) is 0 Å². The zero-order valence-electron chi connectivity index (χ0n) is 7.88. The van der Waals surface area contributed by atoms with Crippen molar-refractivity contribution in [3.05, 3.63) is 11.6 Å². The van der Waals surface area contributed by atoms with E-state index < -0.39 is 0 Å². The summed E-state index contributed by atoms with van der Waals surface area (Å²) in [6, 6.07) is 0. The number of rotatable bonds is 4. The Balaban J connectivity index is 2.30. The predicted octanol–water partition coefficient (Wildman–Crippen LogP) is 2.85. The molecule has 3 heteroatoms. The zero-order chi connectivity index (χ0) is 9.68. The first-order chi connectivity index (χ1) is 6.22. The van der Waals surface area contributed by atoms with Crippen LogP contribution in [0.25, 0.3) is 0 Å². The van der Waals surface area contributed by atoms with Gasteiger partial charge >= 0.3 is 5.97 Å². The van der Waals surface area contributed by atoms with E-state index in [1.165, 1.54) is 29.8 Å². The first kappa shape index (κ1) is 11.0. The third-order valence-electron chi connectivity index (χ3n) is 2.12. The minimum absolute atomic E-state index is 0.0571. The van der Waals surface area contributed by atoms with Gasteiger partial charge in [-0.15, -0.1) is 0 Å². The van der Waals surface area contributed by atoms with Gasteiger partial charge in [0.15, 0.2) is 0 Å². The number of halogens is 1. The molecule has 0 spiro atoms. The van der Waals surface area contributed by atoms with E-state index in [0.29, 0.717) is 0 Å². The lowest BCUT2D eigenvalue weighted by molar-refractivity contribution is -0.144. The Bertz CT molecular complexity index is 211. The second-order valence-electron chi connectivity index (χ2n) is 3.30. The largest absolute Gasteiger partial charge is 0.458 e. The molecule has 0 saturated carbocycles. The van der Waals surface area contributed by atoms with Gasteiger partial charge in [0.2, 0.25) is 0 Å². The Morgan fingerprint density at radius 2 is 2.54 bits per heavy atom. The van der Waals surface area contributed by atoms with E-state index in [2.05, 4.69) is 28.7 Å². The lowest BCUT2D eigenvalue weighted by atomic mass is 10.1. The molecule has 0 aromatic heterocycles. The van der Waals surface area contributed by atoms with Crippen LogP contribution in [0.2, 0.25) is 0 Å². The fourth-order valence-electron chi connectivity index (χ4n) is 1.57. The molecular formula is C10H15IO2. The molecule has 0 saturated heterocycles. The number of hydrogen-bond donors (Lipinski definition) is 0. The fourth-order valence-corrected chi connectivity index (χ4v) is 1.95. The van der Waals surface area contributed by atoms with Gasteiger partial charge in [-0.05, 0) is 36.2 Å². The fraction of sp³-hybridized carbons (Fsp3) is 0.700. The third-order valence-corrected chi connectivity index (χ3v) is 2.88. The van der Waals surface area contributed by atoms with Crippen LogP contribution < -0.4 is 0 Å². The summed E-state index contributed by atoms with van der Waals surface area (Å²) in [6.07, 6.45) is 6.67. The van der Waals surface area contributed by atoms with Crippen LogP contribution in [0.3, 0.4) is 0 Å². The SMILES string of the molecule is CC(=O)OC1C=C(CCCI)CC1. The summed E-state index contributed by atoms with van der Waals surface area (Å²) < 4.78 is 6.31. The topological polar surface area (TPSA) is 26.3 Å². The summed E-state index contributed by atoms with van der Waals surface area (Å²) in [6.45, 7) is 1.47. The van der Waals surface area contributed by atoms with Crippen LogP contribution in [0.4, 0.5) is 0 Å². The number of carbonyl (C=O) groups is 1. The highest BCUT2D eigenvalue weighted by Gasteiger charge is 2.17. The van der Waals surface area contributed by atoms with Gasteiger partial charge in [-0.2, -0.15) is 0 Å². The molecule has 1 atom stereocenters. The van der Waals surface area contributed by atoms with Crippen LogP contribution in [0.1, 0.15) is 32.6 Å². The molecule has 0 heterocycles. The van der Waals surface area contributed by atoms with E-state index >= 15 is 0 Å². The molecule has 0 N–H and O–H groups in total. The van der Waals surface area contributed by atoms with Crippen LogP contribution in [0, 0.1) is 0 Å². The summed E-state index contributed by atoms with van der Waals surface area (Å²) >= 11 is 2.39. The Morgan fingerprint density at radius 1 is 1.77 bits per heavy atom. The molecule has 0 aliphatic heterocycles. The van der Waals surface area contributed by atoms with E-state index in [0.717, 1.165) is 12.8 Å². The van der Waals surface area contributed by atoms with Crippen molar-refractivity contribution in [3.8, 4) is 0 Å². The molecule has 1 aliphatic carbocycles. The normalized spacial score (nSPS) is 21.4. The van der Waals surface area contributed by atoms with Crippen molar-refractivity contribution in [1.82, 2.24) is 0 Å². The number of allylic oxidation sites excluding steroid dienone is 1. The molecule has 13 heavy (non-hydrogen) atoms. The number of ether oxygens (including phenoxy) is 1. The van der Waals surface area contributed by atoms with Crippen molar-refractivity contribution in [2.75, 3.05) is 4.43 Å². The monoisotopic (exact) mass is 294 g/mol. The third kappa shape index (κ3) is 4.11. The molecule has 1 rings (SSSR count). The first-order valence-corrected chi connectivity index (χ1v) is 6.17. The molecule has 1 unspecified atom stereocenters. The van der Waals surface area contributed by atoms with Gasteiger partial charge in [-0.1, -0.05) is 28.2 Å². The second kappa shape index (κ2) is 5.62. The highest BCUT2D eigenvalue weighted by Crippen LogP contribution is 2.24. The average Bonchev–Trinajstić information content (AvgIpc) is 2.48. The maximum Gasteiger partial charge on any atom is 0.303 e. The molecule has 74 valence electrons. The van der Waals surface area contributed by atoms with Gasteiger partial charge in [-0.25, -0.2) is 0 Å². The summed E-state index contributed by atoms with van der Waals surface area (Å²) in [5, 5.41) is 0. The maximum atomic E-state index is 10.7. The van der Waals surface area contributed by atoms with Crippen LogP contribution >= 0.6 is 22.6 Å². The van der Waals surface area contributed by atoms with Crippen LogP contribution in [-0.4, -0.2) is 16.5 Å². The molecule has 0 bridgehead atoms. The Kier molecular flexibility index (Phi) is 4.77. The molecular weight excluding hydrogens is 279 g/mol. The molecule has 0 fully saturated rings. The minimum Gasteiger partial charge on any atom is -0.458 e. The van der Waals surface area contributed by atoms with Crippen molar-refractivity contribution in [1.29, 1.82) is 0 Å². The zero-order valence-corrected chi connectivity index (χ0v) is 10.0. The van der Waals surface area contributed by atoms with Gasteiger partial charge < -0.3 is 4.74 Å². The van der Waals surface area contributed by atoms with Gasteiger partial charge in [0.05, 0.1) is 0 Å². The Labute approximate surface area is 92.9 Å². The predicted molar refractivity (Wildman–Crippen MR) is 61.0 cm³/mol. The summed E-state index contributed by atoms with van der Waals surface area (Å²) in [4.78, 5) is 10.7. The first-order valence-electron chi connectivity index (χ1n) is 4.65. The number of hydrogen-bond acceptors (Lipinski definition) is 2. The van der Waals surface area contributed by atoms with Gasteiger partial charge in [0.25, 0.3) is 0 Å². The lowest BCUT2D eigenvalue weighted by Crippen LogP contribution is -2.10. The van der Waals surface area contributed by atoms with Gasteiger partial charge in [0.1, 0.15) is 6.10 Å². The molecule has 0 amide bonds. The maximum absolute atomic E-state index is 10.7. The highest BCUT2D eigenvalue weighted by molar-refractivity contribution is 14.1. The van der Waals surface area contributed by atoms with Crippen molar-refractivity contribution >= 4 is 28.6 Å². The number of esters is 1. The van der Waals surface area contributed by atoms with Crippen molar-refractivity contribution < 1.29 is 9.53 Å². The molecule has 0 aromatic rings. The van der Waals surface area contributed by atoms with Crippen molar-refractivity contribution in [2.24, 2.45) is 0 Å². The lowest BCUT2D eigenvalue weighted by Gasteiger charge is -2.05. The van der Waals surface area contributed by atoms with E-state index in [4.69, 9.17) is 4.74 Å². The molecule has 0 radical (unpaired) electrons. The Hall–Kier alpha value is -0.0600. The van der Waals surface area contributed by atoms with E-state index in [1.807, 2.05) is 0 Å². The van der Waals surface area contributed by atoms with Gasteiger partial charge in [-0.3, -0.25) is 4.79 Å². The standard InChI is InChI=1S/C10H15IO2/c1-8(12)13-10-5-4-9(7-10)3-2-6-11/h7,10H,2-6H2,1H3. The van der Waals surface area contributed by atoms with Crippen LogP contribution in [0.15, 0.2) is 11.6 Å². The van der Waals surface area contributed by atoms with Crippen LogP contribution in [0.5, 0.6) is 0 Å². The van der Waals surface area contributed by atoms with E-state index in [-0.39, 0.29) is 12.1 Å². The highest BCUT2D eigenvalue weighted by atomic mass is 127. The second-order valence-corrected chi connectivity index (χ2v) is 4.38. The smallest absolute Gasteiger partial charge is 0.303 e. The summed E-state index contributed by atoms with van der Waals surface area (Å²) in [7, 11) is 0. The van der Waals surface area contributed by atoms with Gasteiger partial charge in [0, 0.05) is 6.92 Å². The van der Waals surface area contributed by atoms with Crippen LogP contribution in [-0.2, 0) is 9.53 Å².